The quantitative estimate of drug-likeness (QED) is 0.803. The van der Waals surface area contributed by atoms with E-state index in [9.17, 15) is 9.59 Å². The summed E-state index contributed by atoms with van der Waals surface area (Å²) >= 11 is 0. The van der Waals surface area contributed by atoms with Gasteiger partial charge in [-0.2, -0.15) is 0 Å². The van der Waals surface area contributed by atoms with Crippen LogP contribution in [0.4, 0.5) is 0 Å². The van der Waals surface area contributed by atoms with Gasteiger partial charge in [0.25, 0.3) is 5.91 Å². The molecule has 116 valence electrons. The molecule has 1 aromatic carbocycles. The van der Waals surface area contributed by atoms with Gasteiger partial charge in [-0.3, -0.25) is 9.59 Å². The van der Waals surface area contributed by atoms with Gasteiger partial charge in [-0.1, -0.05) is 13.8 Å². The molecule has 0 aliphatic rings. The number of carbonyl (C=O) groups excluding carboxylic acids is 1. The Hall–Kier alpha value is -2.24. The minimum absolute atomic E-state index is 0.317. The first-order chi connectivity index (χ1) is 9.85. The smallest absolute Gasteiger partial charge is 0.325 e. The molecule has 1 amide bonds. The summed E-state index contributed by atoms with van der Waals surface area (Å²) in [5.41, 5.74) is 0.317. The maximum absolute atomic E-state index is 11.9. The Morgan fingerprint density at radius 1 is 1.24 bits per heavy atom. The van der Waals surface area contributed by atoms with E-state index >= 15 is 0 Å². The zero-order valence-corrected chi connectivity index (χ0v) is 12.7. The molecule has 0 fully saturated rings. The number of methoxy groups -OCH3 is 1. The van der Waals surface area contributed by atoms with Crippen molar-refractivity contribution in [1.82, 2.24) is 5.32 Å². The molecule has 0 bridgehead atoms. The highest BCUT2D eigenvalue weighted by atomic mass is 16.5. The van der Waals surface area contributed by atoms with Crippen LogP contribution in [-0.2, 0) is 4.79 Å². The molecule has 1 rings (SSSR count). The Bertz CT molecular complexity index is 513. The maximum atomic E-state index is 11.9. The summed E-state index contributed by atoms with van der Waals surface area (Å²) in [4.78, 5) is 22.7. The number of carboxylic acids is 1. The van der Waals surface area contributed by atoms with Crippen LogP contribution in [0.2, 0.25) is 0 Å². The monoisotopic (exact) mass is 295 g/mol. The lowest BCUT2D eigenvalue weighted by molar-refractivity contribution is -0.138. The van der Waals surface area contributed by atoms with Crippen molar-refractivity contribution >= 4 is 11.9 Å². The predicted molar refractivity (Wildman–Crippen MR) is 77.9 cm³/mol. The fraction of sp³-hybridized carbons (Fsp3) is 0.467. The average molecular weight is 295 g/mol. The first-order valence-electron chi connectivity index (χ1n) is 6.69. The zero-order valence-electron chi connectivity index (χ0n) is 12.7. The molecule has 1 atom stereocenters. The summed E-state index contributed by atoms with van der Waals surface area (Å²) in [6.07, 6.45) is 0. The van der Waals surface area contributed by atoms with E-state index in [0.717, 1.165) is 0 Å². The van der Waals surface area contributed by atoms with Crippen molar-refractivity contribution in [3.63, 3.8) is 0 Å². The molecule has 0 unspecified atom stereocenters. The number of aliphatic carboxylic acids is 1. The third-order valence-corrected chi connectivity index (χ3v) is 2.72. The van der Waals surface area contributed by atoms with E-state index in [2.05, 4.69) is 5.32 Å². The fourth-order valence-corrected chi connectivity index (χ4v) is 1.53. The normalized spacial score (nSPS) is 11.9. The van der Waals surface area contributed by atoms with Crippen molar-refractivity contribution in [2.45, 2.75) is 26.8 Å². The highest BCUT2D eigenvalue weighted by Gasteiger charge is 2.17. The van der Waals surface area contributed by atoms with E-state index in [0.29, 0.717) is 29.6 Å². The number of ether oxygens (including phenoxy) is 2. The van der Waals surface area contributed by atoms with Gasteiger partial charge in [-0.25, -0.2) is 0 Å². The second-order valence-corrected chi connectivity index (χ2v) is 5.10. The Morgan fingerprint density at radius 3 is 2.43 bits per heavy atom. The molecular weight excluding hydrogens is 274 g/mol. The lowest BCUT2D eigenvalue weighted by Gasteiger charge is -2.14. The van der Waals surface area contributed by atoms with Crippen molar-refractivity contribution in [1.29, 1.82) is 0 Å². The maximum Gasteiger partial charge on any atom is 0.325 e. The van der Waals surface area contributed by atoms with Crippen molar-refractivity contribution in [3.05, 3.63) is 23.8 Å². The van der Waals surface area contributed by atoms with Gasteiger partial charge < -0.3 is 19.9 Å². The van der Waals surface area contributed by atoms with E-state index < -0.39 is 17.9 Å². The molecule has 0 aliphatic carbocycles. The minimum Gasteiger partial charge on any atom is -0.493 e. The number of benzene rings is 1. The van der Waals surface area contributed by atoms with Crippen LogP contribution in [0.25, 0.3) is 0 Å². The molecule has 0 aromatic heterocycles. The second kappa shape index (κ2) is 7.52. The van der Waals surface area contributed by atoms with Crippen molar-refractivity contribution in [3.8, 4) is 11.5 Å². The van der Waals surface area contributed by atoms with E-state index in [1.54, 1.807) is 12.1 Å². The second-order valence-electron chi connectivity index (χ2n) is 5.10. The van der Waals surface area contributed by atoms with Gasteiger partial charge in [-0.15, -0.1) is 0 Å². The van der Waals surface area contributed by atoms with Gasteiger partial charge in [0.2, 0.25) is 0 Å². The standard InChI is InChI=1S/C15H21NO5/c1-9(2)8-21-12-6-5-11(7-13(12)20-4)14(17)16-10(3)15(18)19/h5-7,9-10H,8H2,1-4H3,(H,16,17)(H,18,19)/t10-/m0/s1. The topological polar surface area (TPSA) is 84.9 Å². The Kier molecular flexibility index (Phi) is 6.02. The molecular formula is C15H21NO5. The van der Waals surface area contributed by atoms with Crippen LogP contribution in [-0.4, -0.2) is 36.7 Å². The van der Waals surface area contributed by atoms with E-state index in [1.807, 2.05) is 13.8 Å². The highest BCUT2D eigenvalue weighted by Crippen LogP contribution is 2.28. The number of nitrogens with one attached hydrogen (secondary N) is 1. The van der Waals surface area contributed by atoms with E-state index in [4.69, 9.17) is 14.6 Å². The van der Waals surface area contributed by atoms with Crippen LogP contribution in [0.15, 0.2) is 18.2 Å². The number of carboxylic acid groups (broad SMARTS) is 1. The summed E-state index contributed by atoms with van der Waals surface area (Å²) < 4.78 is 10.8. The molecule has 6 nitrogen and oxygen atoms in total. The minimum atomic E-state index is -1.09. The summed E-state index contributed by atoms with van der Waals surface area (Å²) in [6.45, 7) is 6.00. The molecule has 0 aliphatic heterocycles. The van der Waals surface area contributed by atoms with Crippen LogP contribution in [0.5, 0.6) is 11.5 Å². The van der Waals surface area contributed by atoms with Gasteiger partial charge in [0.05, 0.1) is 13.7 Å². The number of hydrogen-bond donors (Lipinski definition) is 2. The van der Waals surface area contributed by atoms with Gasteiger partial charge in [-0.05, 0) is 31.0 Å². The van der Waals surface area contributed by atoms with Crippen molar-refractivity contribution < 1.29 is 24.2 Å². The van der Waals surface area contributed by atoms with Crippen LogP contribution in [0.3, 0.4) is 0 Å². The van der Waals surface area contributed by atoms with Crippen LogP contribution < -0.4 is 14.8 Å². The molecule has 0 radical (unpaired) electrons. The Balaban J connectivity index is 2.86. The molecule has 1 aromatic rings. The fourth-order valence-electron chi connectivity index (χ4n) is 1.53. The molecule has 0 saturated heterocycles. The first kappa shape index (κ1) is 16.8. The van der Waals surface area contributed by atoms with Gasteiger partial charge >= 0.3 is 5.97 Å². The lowest BCUT2D eigenvalue weighted by Crippen LogP contribution is -2.38. The van der Waals surface area contributed by atoms with Gasteiger partial charge in [0, 0.05) is 5.56 Å². The van der Waals surface area contributed by atoms with Crippen LogP contribution in [0.1, 0.15) is 31.1 Å². The lowest BCUT2D eigenvalue weighted by atomic mass is 10.1. The number of carbonyl (C=O) groups is 2. The number of hydrogen-bond acceptors (Lipinski definition) is 4. The zero-order chi connectivity index (χ0) is 16.0. The molecule has 0 saturated carbocycles. The molecule has 0 heterocycles. The Morgan fingerprint density at radius 2 is 1.90 bits per heavy atom. The SMILES string of the molecule is COc1cc(C(=O)N[C@@H](C)C(=O)O)ccc1OCC(C)C. The average Bonchev–Trinajstić information content (AvgIpc) is 2.44. The summed E-state index contributed by atoms with van der Waals surface area (Å²) in [6, 6.07) is 3.78. The van der Waals surface area contributed by atoms with Gasteiger partial charge in [0.15, 0.2) is 11.5 Å². The van der Waals surface area contributed by atoms with Crippen molar-refractivity contribution in [2.75, 3.05) is 13.7 Å². The Labute approximate surface area is 124 Å². The van der Waals surface area contributed by atoms with Crippen LogP contribution in [0, 0.1) is 5.92 Å². The largest absolute Gasteiger partial charge is 0.493 e. The summed E-state index contributed by atoms with van der Waals surface area (Å²) in [5, 5.41) is 11.2. The summed E-state index contributed by atoms with van der Waals surface area (Å²) in [7, 11) is 1.49. The van der Waals surface area contributed by atoms with Crippen molar-refractivity contribution in [2.24, 2.45) is 5.92 Å². The van der Waals surface area contributed by atoms with E-state index in [1.165, 1.54) is 20.1 Å². The molecule has 2 N–H and O–H groups in total. The predicted octanol–water partition coefficient (Wildman–Crippen LogP) is 1.93. The third kappa shape index (κ3) is 4.98. The van der Waals surface area contributed by atoms with Gasteiger partial charge in [0.1, 0.15) is 6.04 Å². The van der Waals surface area contributed by atoms with E-state index in [-0.39, 0.29) is 0 Å². The van der Waals surface area contributed by atoms with Crippen LogP contribution >= 0.6 is 0 Å². The molecule has 6 heteroatoms. The molecule has 0 spiro atoms. The number of amides is 1. The first-order valence-corrected chi connectivity index (χ1v) is 6.69. The molecule has 21 heavy (non-hydrogen) atoms. The summed E-state index contributed by atoms with van der Waals surface area (Å²) in [5.74, 6) is -0.208. The third-order valence-electron chi connectivity index (χ3n) is 2.72. The number of rotatable bonds is 7. The highest BCUT2D eigenvalue weighted by molar-refractivity contribution is 5.97.